The predicted octanol–water partition coefficient (Wildman–Crippen LogP) is 1.80. The summed E-state index contributed by atoms with van der Waals surface area (Å²) in [5, 5.41) is 8.81. The first-order valence-electron chi connectivity index (χ1n) is 5.37. The fourth-order valence-corrected chi connectivity index (χ4v) is 1.60. The molecule has 0 spiro atoms. The van der Waals surface area contributed by atoms with Crippen LogP contribution < -0.4 is 4.90 Å². The average molecular weight is 232 g/mol. The SMILES string of the molecule is COC(=O)C(C)CN(C)c1cccc(C#N)c1. The zero-order chi connectivity index (χ0) is 12.8. The monoisotopic (exact) mass is 232 g/mol. The number of carbonyl (C=O) groups is 1. The maximum Gasteiger partial charge on any atom is 0.310 e. The molecule has 0 saturated heterocycles. The van der Waals surface area contributed by atoms with Crippen LogP contribution in [-0.4, -0.2) is 26.7 Å². The summed E-state index contributed by atoms with van der Waals surface area (Å²) in [6.07, 6.45) is 0. The molecule has 17 heavy (non-hydrogen) atoms. The van der Waals surface area contributed by atoms with E-state index in [1.807, 2.05) is 31.0 Å². The average Bonchev–Trinajstić information content (AvgIpc) is 2.37. The molecule has 0 fully saturated rings. The van der Waals surface area contributed by atoms with Crippen molar-refractivity contribution in [1.82, 2.24) is 0 Å². The number of nitrogens with zero attached hydrogens (tertiary/aromatic N) is 2. The molecule has 0 saturated carbocycles. The second-order valence-electron chi connectivity index (χ2n) is 3.97. The normalized spacial score (nSPS) is 11.4. The van der Waals surface area contributed by atoms with Crippen molar-refractivity contribution in [2.75, 3.05) is 25.6 Å². The highest BCUT2D eigenvalue weighted by molar-refractivity contribution is 5.72. The largest absolute Gasteiger partial charge is 0.469 e. The Morgan fingerprint density at radius 2 is 2.29 bits per heavy atom. The summed E-state index contributed by atoms with van der Waals surface area (Å²) in [7, 11) is 3.27. The minimum Gasteiger partial charge on any atom is -0.469 e. The van der Waals surface area contributed by atoms with Gasteiger partial charge in [0.2, 0.25) is 0 Å². The van der Waals surface area contributed by atoms with E-state index in [0.29, 0.717) is 12.1 Å². The van der Waals surface area contributed by atoms with Gasteiger partial charge in [-0.1, -0.05) is 13.0 Å². The number of hydrogen-bond acceptors (Lipinski definition) is 4. The Morgan fingerprint density at radius 1 is 1.59 bits per heavy atom. The lowest BCUT2D eigenvalue weighted by molar-refractivity contribution is -0.144. The smallest absolute Gasteiger partial charge is 0.310 e. The Bertz CT molecular complexity index is 437. The quantitative estimate of drug-likeness (QED) is 0.743. The number of hydrogen-bond donors (Lipinski definition) is 0. The first kappa shape index (κ1) is 13.0. The van der Waals surface area contributed by atoms with Crippen molar-refractivity contribution < 1.29 is 9.53 Å². The summed E-state index contributed by atoms with van der Waals surface area (Å²) in [5.41, 5.74) is 1.53. The number of nitriles is 1. The van der Waals surface area contributed by atoms with Gasteiger partial charge in [0.25, 0.3) is 0 Å². The molecule has 0 heterocycles. The van der Waals surface area contributed by atoms with Crippen molar-refractivity contribution in [1.29, 1.82) is 5.26 Å². The molecule has 1 aromatic carbocycles. The third-order valence-corrected chi connectivity index (χ3v) is 2.57. The molecule has 0 aliphatic heterocycles. The number of anilines is 1. The molecule has 0 N–H and O–H groups in total. The molecular weight excluding hydrogens is 216 g/mol. The molecule has 0 amide bonds. The van der Waals surface area contributed by atoms with Gasteiger partial charge in [0, 0.05) is 19.3 Å². The number of methoxy groups -OCH3 is 1. The zero-order valence-electron chi connectivity index (χ0n) is 10.3. The highest BCUT2D eigenvalue weighted by Crippen LogP contribution is 2.16. The number of ether oxygens (including phenoxy) is 1. The topological polar surface area (TPSA) is 53.3 Å². The van der Waals surface area contributed by atoms with Gasteiger partial charge in [-0.2, -0.15) is 5.26 Å². The van der Waals surface area contributed by atoms with E-state index in [9.17, 15) is 4.79 Å². The van der Waals surface area contributed by atoms with Gasteiger partial charge in [-0.3, -0.25) is 4.79 Å². The van der Waals surface area contributed by atoms with Crippen molar-refractivity contribution in [2.24, 2.45) is 5.92 Å². The van der Waals surface area contributed by atoms with Gasteiger partial charge in [0.15, 0.2) is 0 Å². The minimum absolute atomic E-state index is 0.198. The summed E-state index contributed by atoms with van der Waals surface area (Å²) in [6.45, 7) is 2.37. The van der Waals surface area contributed by atoms with Crippen LogP contribution in [0.25, 0.3) is 0 Å². The molecule has 90 valence electrons. The van der Waals surface area contributed by atoms with Crippen LogP contribution in [0.4, 0.5) is 5.69 Å². The Labute approximate surface area is 101 Å². The van der Waals surface area contributed by atoms with E-state index in [1.165, 1.54) is 7.11 Å². The van der Waals surface area contributed by atoms with Gasteiger partial charge in [-0.25, -0.2) is 0 Å². The molecule has 4 heteroatoms. The zero-order valence-corrected chi connectivity index (χ0v) is 10.3. The fraction of sp³-hybridized carbons (Fsp3) is 0.385. The van der Waals surface area contributed by atoms with Crippen molar-refractivity contribution in [3.05, 3.63) is 29.8 Å². The van der Waals surface area contributed by atoms with E-state index in [4.69, 9.17) is 5.26 Å². The molecule has 1 atom stereocenters. The minimum atomic E-state index is -0.228. The van der Waals surface area contributed by atoms with E-state index < -0.39 is 0 Å². The van der Waals surface area contributed by atoms with Gasteiger partial charge in [-0.05, 0) is 18.2 Å². The molecular formula is C13H16N2O2. The Hall–Kier alpha value is -2.02. The van der Waals surface area contributed by atoms with Crippen molar-refractivity contribution >= 4 is 11.7 Å². The standard InChI is InChI=1S/C13H16N2O2/c1-10(13(16)17-3)9-15(2)12-6-4-5-11(7-12)8-14/h4-7,10H,9H2,1-3H3. The van der Waals surface area contributed by atoms with Crippen LogP contribution in [0.5, 0.6) is 0 Å². The first-order chi connectivity index (χ1) is 8.08. The molecule has 0 radical (unpaired) electrons. The number of carbonyl (C=O) groups excluding carboxylic acids is 1. The van der Waals surface area contributed by atoms with E-state index in [1.54, 1.807) is 12.1 Å². The van der Waals surface area contributed by atoms with Gasteiger partial charge in [-0.15, -0.1) is 0 Å². The highest BCUT2D eigenvalue weighted by Gasteiger charge is 2.15. The molecule has 0 bridgehead atoms. The first-order valence-corrected chi connectivity index (χ1v) is 5.37. The fourth-order valence-electron chi connectivity index (χ4n) is 1.60. The number of esters is 1. The second-order valence-corrected chi connectivity index (χ2v) is 3.97. The third-order valence-electron chi connectivity index (χ3n) is 2.57. The summed E-state index contributed by atoms with van der Waals surface area (Å²) >= 11 is 0. The van der Waals surface area contributed by atoms with Crippen LogP contribution in [0.3, 0.4) is 0 Å². The summed E-state index contributed by atoms with van der Waals surface area (Å²) in [5.74, 6) is -0.427. The van der Waals surface area contributed by atoms with Crippen LogP contribution in [0.2, 0.25) is 0 Å². The Kier molecular flexibility index (Phi) is 4.53. The number of benzene rings is 1. The van der Waals surface area contributed by atoms with Gasteiger partial charge in [0.1, 0.15) is 0 Å². The lowest BCUT2D eigenvalue weighted by Crippen LogP contribution is -2.29. The second kappa shape index (κ2) is 5.90. The van der Waals surface area contributed by atoms with E-state index >= 15 is 0 Å². The Balaban J connectivity index is 2.73. The van der Waals surface area contributed by atoms with E-state index in [-0.39, 0.29) is 11.9 Å². The summed E-state index contributed by atoms with van der Waals surface area (Å²) < 4.78 is 4.68. The van der Waals surface area contributed by atoms with Gasteiger partial charge < -0.3 is 9.64 Å². The van der Waals surface area contributed by atoms with Crippen LogP contribution in [0.1, 0.15) is 12.5 Å². The van der Waals surface area contributed by atoms with Crippen LogP contribution in [-0.2, 0) is 9.53 Å². The molecule has 1 aromatic rings. The predicted molar refractivity (Wildman–Crippen MR) is 65.6 cm³/mol. The Morgan fingerprint density at radius 3 is 2.88 bits per heavy atom. The van der Waals surface area contributed by atoms with Crippen LogP contribution >= 0.6 is 0 Å². The van der Waals surface area contributed by atoms with E-state index in [2.05, 4.69) is 10.8 Å². The van der Waals surface area contributed by atoms with Crippen molar-refractivity contribution in [3.8, 4) is 6.07 Å². The van der Waals surface area contributed by atoms with Crippen molar-refractivity contribution in [3.63, 3.8) is 0 Å². The lowest BCUT2D eigenvalue weighted by atomic mass is 10.1. The summed E-state index contributed by atoms with van der Waals surface area (Å²) in [6, 6.07) is 9.37. The maximum absolute atomic E-state index is 11.3. The third kappa shape index (κ3) is 3.49. The molecule has 0 aliphatic carbocycles. The molecule has 1 unspecified atom stereocenters. The molecule has 1 rings (SSSR count). The summed E-state index contributed by atoms with van der Waals surface area (Å²) in [4.78, 5) is 13.2. The number of rotatable bonds is 4. The van der Waals surface area contributed by atoms with Crippen LogP contribution in [0, 0.1) is 17.2 Å². The van der Waals surface area contributed by atoms with E-state index in [0.717, 1.165) is 5.69 Å². The van der Waals surface area contributed by atoms with Crippen LogP contribution in [0.15, 0.2) is 24.3 Å². The molecule has 4 nitrogen and oxygen atoms in total. The lowest BCUT2D eigenvalue weighted by Gasteiger charge is -2.22. The molecule has 0 aliphatic rings. The van der Waals surface area contributed by atoms with Gasteiger partial charge >= 0.3 is 5.97 Å². The van der Waals surface area contributed by atoms with Crippen molar-refractivity contribution in [2.45, 2.75) is 6.92 Å². The maximum atomic E-state index is 11.3. The van der Waals surface area contributed by atoms with Gasteiger partial charge in [0.05, 0.1) is 24.7 Å². The molecule has 0 aromatic heterocycles. The highest BCUT2D eigenvalue weighted by atomic mass is 16.5.